The van der Waals surface area contributed by atoms with Gasteiger partial charge in [0.1, 0.15) is 0 Å². The van der Waals surface area contributed by atoms with Crippen molar-refractivity contribution in [3.63, 3.8) is 0 Å². The largest absolute Gasteiger partial charge is 0.607 e. The quantitative estimate of drug-likeness (QED) is 0.377. The van der Waals surface area contributed by atoms with Gasteiger partial charge in [-0.15, -0.1) is 0 Å². The Labute approximate surface area is 27.5 Å². The molecule has 0 spiro atoms. The lowest BCUT2D eigenvalue weighted by Gasteiger charge is -1.69. The minimum absolute atomic E-state index is 0.611. The normalized spacial score (nSPS) is 22.2. The predicted octanol–water partition coefficient (Wildman–Crippen LogP) is 0.220. The second-order valence-electron chi connectivity index (χ2n) is 0.601. The topological polar surface area (TPSA) is 23.1 Å². The Balaban J connectivity index is 2.32. The average Bonchev–Trinajstić information content (AvgIpc) is 1.75. The van der Waals surface area contributed by atoms with Crippen LogP contribution in [0.4, 0.5) is 0 Å². The molecule has 0 aromatic carbocycles. The zero-order valence-corrected chi connectivity index (χ0v) is 2.79. The first-order chi connectivity index (χ1) is 1.89. The SMILES string of the molecule is [O-][S+]1C=C1. The Morgan fingerprint density at radius 2 is 1.75 bits per heavy atom. The van der Waals surface area contributed by atoms with Crippen LogP contribution >= 0.6 is 0 Å². The summed E-state index contributed by atoms with van der Waals surface area (Å²) in [4.78, 5) is 0. The summed E-state index contributed by atoms with van der Waals surface area (Å²) < 4.78 is 9.56. The molecule has 0 radical (unpaired) electrons. The van der Waals surface area contributed by atoms with E-state index in [1.54, 1.807) is 10.8 Å². The molecule has 1 heterocycles. The zero-order chi connectivity index (χ0) is 2.99. The van der Waals surface area contributed by atoms with Gasteiger partial charge in [0.25, 0.3) is 0 Å². The van der Waals surface area contributed by atoms with Crippen LogP contribution in [-0.4, -0.2) is 4.55 Å². The van der Waals surface area contributed by atoms with Gasteiger partial charge in [-0.2, -0.15) is 0 Å². The fourth-order valence-corrected chi connectivity index (χ4v) is 0.204. The Morgan fingerprint density at radius 3 is 1.75 bits per heavy atom. The fourth-order valence-electron chi connectivity index (χ4n) is 0.0227. The van der Waals surface area contributed by atoms with E-state index in [0.717, 1.165) is 0 Å². The Bertz CT molecular complexity index is 44.0. The molecular weight excluding hydrogens is 72.1 g/mol. The summed E-state index contributed by atoms with van der Waals surface area (Å²) in [5.74, 6) is 0. The first-order valence-electron chi connectivity index (χ1n) is 0.971. The smallest absolute Gasteiger partial charge is 0.170 e. The molecule has 4 heavy (non-hydrogen) atoms. The summed E-state index contributed by atoms with van der Waals surface area (Å²) in [6, 6.07) is 0. The molecule has 1 aliphatic rings. The number of hydrogen-bond donors (Lipinski definition) is 0. The molecule has 0 amide bonds. The van der Waals surface area contributed by atoms with Crippen molar-refractivity contribution in [2.45, 2.75) is 0 Å². The van der Waals surface area contributed by atoms with E-state index in [9.17, 15) is 4.55 Å². The highest BCUT2D eigenvalue weighted by Gasteiger charge is 2.07. The average molecular weight is 74.1 g/mol. The van der Waals surface area contributed by atoms with Crippen LogP contribution in [0, 0.1) is 0 Å². The van der Waals surface area contributed by atoms with Crippen LogP contribution < -0.4 is 0 Å². The van der Waals surface area contributed by atoms with E-state index in [4.69, 9.17) is 0 Å². The summed E-state index contributed by atoms with van der Waals surface area (Å²) in [6.07, 6.45) is 0. The monoisotopic (exact) mass is 74.0 g/mol. The van der Waals surface area contributed by atoms with Crippen LogP contribution in [0.25, 0.3) is 0 Å². The molecule has 1 aliphatic heterocycles. The van der Waals surface area contributed by atoms with Gasteiger partial charge in [0.05, 0.1) is 0 Å². The van der Waals surface area contributed by atoms with Crippen LogP contribution in [0.5, 0.6) is 0 Å². The maximum absolute atomic E-state index is 9.56. The van der Waals surface area contributed by atoms with Gasteiger partial charge in [-0.3, -0.25) is 0 Å². The Hall–Kier alpha value is 0.0500. The lowest BCUT2D eigenvalue weighted by Crippen LogP contribution is -1.60. The van der Waals surface area contributed by atoms with Gasteiger partial charge in [-0.1, -0.05) is 0 Å². The van der Waals surface area contributed by atoms with E-state index in [2.05, 4.69) is 0 Å². The molecule has 1 rings (SSSR count). The van der Waals surface area contributed by atoms with E-state index in [1.165, 1.54) is 0 Å². The summed E-state index contributed by atoms with van der Waals surface area (Å²) in [6.45, 7) is 0. The van der Waals surface area contributed by atoms with Gasteiger partial charge in [0, 0.05) is 11.2 Å². The molecule has 22 valence electrons. The van der Waals surface area contributed by atoms with E-state index in [-0.39, 0.29) is 0 Å². The summed E-state index contributed by atoms with van der Waals surface area (Å²) in [5, 5.41) is 3.28. The van der Waals surface area contributed by atoms with Crippen molar-refractivity contribution in [2.75, 3.05) is 0 Å². The van der Waals surface area contributed by atoms with Crippen LogP contribution in [-0.2, 0) is 11.2 Å². The summed E-state index contributed by atoms with van der Waals surface area (Å²) >= 11 is -0.611. The third kappa shape index (κ3) is 0.243. The van der Waals surface area contributed by atoms with Crippen molar-refractivity contribution in [2.24, 2.45) is 0 Å². The predicted molar refractivity (Wildman–Crippen MR) is 17.3 cm³/mol. The molecule has 2 heteroatoms. The maximum atomic E-state index is 9.56. The second kappa shape index (κ2) is 0.503. The standard InChI is InChI=1S/C2H2OS/c3-4-1-2-4/h1-2H. The third-order valence-electron chi connectivity index (χ3n) is 0.247. The number of rotatable bonds is 0. The highest BCUT2D eigenvalue weighted by molar-refractivity contribution is 8.03. The maximum Gasteiger partial charge on any atom is 0.170 e. The molecule has 0 unspecified atom stereocenters. The molecule has 0 bridgehead atoms. The van der Waals surface area contributed by atoms with E-state index >= 15 is 0 Å². The van der Waals surface area contributed by atoms with Gasteiger partial charge in [0.15, 0.2) is 10.8 Å². The van der Waals surface area contributed by atoms with Gasteiger partial charge in [-0.05, 0) is 0 Å². The molecule has 0 aliphatic carbocycles. The van der Waals surface area contributed by atoms with Crippen LogP contribution in [0.1, 0.15) is 0 Å². The van der Waals surface area contributed by atoms with Crippen LogP contribution in [0.3, 0.4) is 0 Å². The summed E-state index contributed by atoms with van der Waals surface area (Å²) in [5.41, 5.74) is 0. The van der Waals surface area contributed by atoms with Gasteiger partial charge in [-0.25, -0.2) is 0 Å². The molecule has 0 aromatic rings. The van der Waals surface area contributed by atoms with Gasteiger partial charge >= 0.3 is 0 Å². The lowest BCUT2D eigenvalue weighted by atomic mass is 11.3. The fraction of sp³-hybridized carbons (Fsp3) is 0. The molecule has 0 saturated heterocycles. The summed E-state index contributed by atoms with van der Waals surface area (Å²) in [7, 11) is 0. The molecule has 0 atom stereocenters. The Morgan fingerprint density at radius 1 is 1.50 bits per heavy atom. The minimum atomic E-state index is -0.611. The van der Waals surface area contributed by atoms with Crippen molar-refractivity contribution >= 4 is 11.2 Å². The van der Waals surface area contributed by atoms with E-state index in [0.29, 0.717) is 0 Å². The van der Waals surface area contributed by atoms with Crippen molar-refractivity contribution in [3.05, 3.63) is 10.8 Å². The van der Waals surface area contributed by atoms with E-state index < -0.39 is 11.2 Å². The van der Waals surface area contributed by atoms with Gasteiger partial charge in [0.2, 0.25) is 0 Å². The van der Waals surface area contributed by atoms with Crippen molar-refractivity contribution in [3.8, 4) is 0 Å². The molecule has 0 saturated carbocycles. The molecular formula is C2H2OS. The molecule has 0 N–H and O–H groups in total. The lowest BCUT2D eigenvalue weighted by molar-refractivity contribution is 0.616. The first kappa shape index (κ1) is 2.30. The van der Waals surface area contributed by atoms with Crippen molar-refractivity contribution < 1.29 is 4.55 Å². The molecule has 0 fully saturated rings. The highest BCUT2D eigenvalue weighted by atomic mass is 32.2. The Kier molecular flexibility index (Phi) is 0.289. The van der Waals surface area contributed by atoms with Crippen LogP contribution in [0.2, 0.25) is 0 Å². The number of hydrogen-bond acceptors (Lipinski definition) is 1. The zero-order valence-electron chi connectivity index (χ0n) is 1.97. The van der Waals surface area contributed by atoms with Gasteiger partial charge < -0.3 is 4.55 Å². The second-order valence-corrected chi connectivity index (χ2v) is 1.80. The van der Waals surface area contributed by atoms with Crippen molar-refractivity contribution in [1.29, 1.82) is 0 Å². The van der Waals surface area contributed by atoms with Crippen molar-refractivity contribution in [1.82, 2.24) is 0 Å². The minimum Gasteiger partial charge on any atom is -0.607 e. The van der Waals surface area contributed by atoms with E-state index in [1.807, 2.05) is 0 Å². The molecule has 0 aromatic heterocycles. The first-order valence-corrected chi connectivity index (χ1v) is 2.25. The third-order valence-corrected chi connectivity index (χ3v) is 0.742. The molecule has 1 nitrogen and oxygen atoms in total. The van der Waals surface area contributed by atoms with Crippen LogP contribution in [0.15, 0.2) is 10.8 Å². The highest BCUT2D eigenvalue weighted by Crippen LogP contribution is 2.07.